The largest absolute Gasteiger partial charge is 0.384 e. The average molecular weight is 393 g/mol. The highest BCUT2D eigenvalue weighted by Crippen LogP contribution is 2.38. The standard InChI is InChI=1S/C14H15ClO.C8H11ClO/c1-11(12-7-3-2-4-8-12)13-9-5-6-10-14(13,15)16;1-6-4-3-5-8(2,10)7(6)9/h2-11,13,16H,1H3;3-5,7,10H,1-2H3. The van der Waals surface area contributed by atoms with E-state index in [0.717, 1.165) is 5.57 Å². The normalized spacial score (nSPS) is 33.9. The SMILES string of the molecule is CC(c1ccccc1)C1C=CC=CC1(O)Cl.CC1=CC=CC(C)(O)C1Cl. The van der Waals surface area contributed by atoms with Gasteiger partial charge in [-0.3, -0.25) is 0 Å². The highest BCUT2D eigenvalue weighted by Gasteiger charge is 2.35. The number of benzene rings is 1. The summed E-state index contributed by atoms with van der Waals surface area (Å²) in [7, 11) is 0. The molecule has 0 saturated heterocycles. The van der Waals surface area contributed by atoms with Crippen molar-refractivity contribution in [2.75, 3.05) is 0 Å². The summed E-state index contributed by atoms with van der Waals surface area (Å²) in [6.07, 6.45) is 12.8. The second-order valence-electron chi connectivity index (χ2n) is 7.05. The monoisotopic (exact) mass is 392 g/mol. The van der Waals surface area contributed by atoms with Crippen molar-refractivity contribution in [2.45, 2.75) is 42.7 Å². The molecule has 0 radical (unpaired) electrons. The summed E-state index contributed by atoms with van der Waals surface area (Å²) in [4.78, 5) is 0. The number of hydrogen-bond donors (Lipinski definition) is 2. The van der Waals surface area contributed by atoms with Gasteiger partial charge in [-0.05, 0) is 31.4 Å². The maximum Gasteiger partial charge on any atom is 0.164 e. The molecule has 1 aromatic rings. The molecule has 2 N–H and O–H groups in total. The number of halogens is 2. The predicted molar refractivity (Wildman–Crippen MR) is 111 cm³/mol. The van der Waals surface area contributed by atoms with Crippen molar-refractivity contribution in [2.24, 2.45) is 5.92 Å². The fourth-order valence-electron chi connectivity index (χ4n) is 3.13. The molecule has 2 aliphatic carbocycles. The number of aliphatic hydroxyl groups is 2. The lowest BCUT2D eigenvalue weighted by molar-refractivity contribution is 0.114. The van der Waals surface area contributed by atoms with E-state index in [-0.39, 0.29) is 17.2 Å². The van der Waals surface area contributed by atoms with Gasteiger partial charge in [0.15, 0.2) is 5.06 Å². The first-order chi connectivity index (χ1) is 12.1. The molecule has 0 fully saturated rings. The molecule has 0 amide bonds. The molecule has 0 aromatic heterocycles. The number of rotatable bonds is 2. The van der Waals surface area contributed by atoms with E-state index in [4.69, 9.17) is 23.2 Å². The molecule has 2 aliphatic rings. The molecule has 1 aromatic carbocycles. The topological polar surface area (TPSA) is 40.5 Å². The Morgan fingerprint density at radius 3 is 2.23 bits per heavy atom. The van der Waals surface area contributed by atoms with E-state index in [1.807, 2.05) is 49.4 Å². The van der Waals surface area contributed by atoms with Gasteiger partial charge in [-0.2, -0.15) is 0 Å². The smallest absolute Gasteiger partial charge is 0.164 e. The Hall–Kier alpha value is -1.32. The summed E-state index contributed by atoms with van der Waals surface area (Å²) < 4.78 is 0. The van der Waals surface area contributed by atoms with Crippen LogP contribution < -0.4 is 0 Å². The third-order valence-corrected chi connectivity index (χ3v) is 5.96. The van der Waals surface area contributed by atoms with E-state index in [9.17, 15) is 10.2 Å². The van der Waals surface area contributed by atoms with Gasteiger partial charge < -0.3 is 10.2 Å². The van der Waals surface area contributed by atoms with Crippen molar-refractivity contribution in [3.63, 3.8) is 0 Å². The molecule has 4 heteroatoms. The van der Waals surface area contributed by atoms with Crippen LogP contribution >= 0.6 is 23.2 Å². The molecule has 0 spiro atoms. The van der Waals surface area contributed by atoms with Gasteiger partial charge in [0.05, 0.1) is 5.38 Å². The fraction of sp³-hybridized carbons (Fsp3) is 0.364. The molecule has 0 saturated carbocycles. The van der Waals surface area contributed by atoms with Crippen LogP contribution in [0.15, 0.2) is 78.4 Å². The van der Waals surface area contributed by atoms with Crippen LogP contribution in [0.3, 0.4) is 0 Å². The van der Waals surface area contributed by atoms with Crippen LogP contribution in [-0.4, -0.2) is 26.3 Å². The Morgan fingerprint density at radius 2 is 1.69 bits per heavy atom. The van der Waals surface area contributed by atoms with Crippen molar-refractivity contribution in [1.82, 2.24) is 0 Å². The van der Waals surface area contributed by atoms with Crippen LogP contribution in [0.25, 0.3) is 0 Å². The van der Waals surface area contributed by atoms with Crippen LogP contribution in [0.2, 0.25) is 0 Å². The molecule has 3 rings (SSSR count). The number of alkyl halides is 2. The van der Waals surface area contributed by atoms with Crippen LogP contribution in [-0.2, 0) is 0 Å². The van der Waals surface area contributed by atoms with E-state index in [2.05, 4.69) is 19.1 Å². The lowest BCUT2D eigenvalue weighted by atomic mass is 9.81. The lowest BCUT2D eigenvalue weighted by Gasteiger charge is -2.32. The van der Waals surface area contributed by atoms with E-state index in [1.54, 1.807) is 25.2 Å². The van der Waals surface area contributed by atoms with Gasteiger partial charge in [0.25, 0.3) is 0 Å². The molecule has 2 nitrogen and oxygen atoms in total. The van der Waals surface area contributed by atoms with E-state index < -0.39 is 10.7 Å². The molecule has 26 heavy (non-hydrogen) atoms. The van der Waals surface area contributed by atoms with Crippen molar-refractivity contribution in [3.05, 3.63) is 84.0 Å². The second-order valence-corrected chi connectivity index (χ2v) is 8.10. The Bertz CT molecular complexity index is 715. The predicted octanol–water partition coefficient (Wildman–Crippen LogP) is 5.32. The van der Waals surface area contributed by atoms with Crippen molar-refractivity contribution in [1.29, 1.82) is 0 Å². The van der Waals surface area contributed by atoms with Gasteiger partial charge in [0.1, 0.15) is 5.60 Å². The molecule has 0 bridgehead atoms. The van der Waals surface area contributed by atoms with Gasteiger partial charge in [-0.15, -0.1) is 11.6 Å². The zero-order valence-electron chi connectivity index (χ0n) is 15.3. The maximum absolute atomic E-state index is 10.1. The van der Waals surface area contributed by atoms with Gasteiger partial charge in [-0.25, -0.2) is 0 Å². The lowest BCUT2D eigenvalue weighted by Crippen LogP contribution is -2.35. The van der Waals surface area contributed by atoms with Crippen molar-refractivity contribution < 1.29 is 10.2 Å². The van der Waals surface area contributed by atoms with Crippen LogP contribution in [0.5, 0.6) is 0 Å². The van der Waals surface area contributed by atoms with Crippen LogP contribution in [0.4, 0.5) is 0 Å². The number of allylic oxidation sites excluding steroid dienone is 4. The van der Waals surface area contributed by atoms with Crippen LogP contribution in [0, 0.1) is 5.92 Å². The highest BCUT2D eigenvalue weighted by molar-refractivity contribution is 6.24. The summed E-state index contributed by atoms with van der Waals surface area (Å²) in [5, 5.41) is 18.1. The Kier molecular flexibility index (Phi) is 6.92. The molecule has 140 valence electrons. The first-order valence-electron chi connectivity index (χ1n) is 8.70. The summed E-state index contributed by atoms with van der Waals surface area (Å²) in [5.41, 5.74) is 1.32. The minimum atomic E-state index is -1.27. The van der Waals surface area contributed by atoms with E-state index in [0.29, 0.717) is 0 Å². The Balaban J connectivity index is 0.000000209. The molecule has 5 atom stereocenters. The van der Waals surface area contributed by atoms with Crippen LogP contribution in [0.1, 0.15) is 32.3 Å². The first-order valence-corrected chi connectivity index (χ1v) is 9.51. The van der Waals surface area contributed by atoms with Crippen molar-refractivity contribution in [3.8, 4) is 0 Å². The minimum Gasteiger partial charge on any atom is -0.384 e. The zero-order valence-corrected chi connectivity index (χ0v) is 16.8. The second kappa shape index (κ2) is 8.58. The first kappa shape index (κ1) is 21.0. The Labute approximate surface area is 166 Å². The highest BCUT2D eigenvalue weighted by atomic mass is 35.5. The Morgan fingerprint density at radius 1 is 1.04 bits per heavy atom. The number of hydrogen-bond acceptors (Lipinski definition) is 2. The molecular formula is C22H26Cl2O2. The molecule has 5 unspecified atom stereocenters. The fourth-order valence-corrected chi connectivity index (χ4v) is 3.61. The van der Waals surface area contributed by atoms with Gasteiger partial charge >= 0.3 is 0 Å². The summed E-state index contributed by atoms with van der Waals surface area (Å²) in [6.45, 7) is 5.70. The van der Waals surface area contributed by atoms with Gasteiger partial charge in [-0.1, -0.05) is 90.9 Å². The van der Waals surface area contributed by atoms with E-state index in [1.165, 1.54) is 5.56 Å². The van der Waals surface area contributed by atoms with Crippen molar-refractivity contribution >= 4 is 23.2 Å². The third-order valence-electron chi connectivity index (χ3n) is 4.80. The van der Waals surface area contributed by atoms with E-state index >= 15 is 0 Å². The van der Waals surface area contributed by atoms with Gasteiger partial charge in [0, 0.05) is 5.92 Å². The zero-order chi connectivity index (χ0) is 19.4. The maximum atomic E-state index is 10.1. The van der Waals surface area contributed by atoms with Gasteiger partial charge in [0.2, 0.25) is 0 Å². The molecule has 0 heterocycles. The summed E-state index contributed by atoms with van der Waals surface area (Å²) in [5.74, 6) is 0.0893. The molecular weight excluding hydrogens is 367 g/mol. The third kappa shape index (κ3) is 5.11. The average Bonchev–Trinajstić information content (AvgIpc) is 2.60. The summed E-state index contributed by atoms with van der Waals surface area (Å²) >= 11 is 12.0. The quantitative estimate of drug-likeness (QED) is 0.668. The minimum absolute atomic E-state index is 0.0958. The summed E-state index contributed by atoms with van der Waals surface area (Å²) in [6, 6.07) is 10.1. The molecule has 0 aliphatic heterocycles.